The van der Waals surface area contributed by atoms with Crippen LogP contribution in [0.4, 0.5) is 45.5 Å². The Hall–Kier alpha value is -6.18. The van der Waals surface area contributed by atoms with Crippen molar-refractivity contribution in [1.29, 1.82) is 0 Å². The molecule has 2 atom stereocenters. The molecular formula is C48H40N4P2. The van der Waals surface area contributed by atoms with Crippen LogP contribution in [-0.4, -0.2) is 0 Å². The van der Waals surface area contributed by atoms with Gasteiger partial charge in [0.25, 0.3) is 0 Å². The first kappa shape index (κ1) is 34.9. The van der Waals surface area contributed by atoms with Gasteiger partial charge in [-0.25, -0.2) is 0 Å². The Morgan fingerprint density at radius 1 is 0.296 bits per heavy atom. The largest absolute Gasteiger partial charge is 0.354 e. The molecule has 54 heavy (non-hydrogen) atoms. The second kappa shape index (κ2) is 17.1. The highest BCUT2D eigenvalue weighted by Gasteiger charge is 2.17. The molecule has 0 saturated carbocycles. The summed E-state index contributed by atoms with van der Waals surface area (Å²) in [7, 11) is 0.861. The third kappa shape index (κ3) is 8.54. The number of hydrogen-bond acceptors (Lipinski definition) is 4. The highest BCUT2D eigenvalue weighted by molar-refractivity contribution is 7.49. The first-order chi connectivity index (χ1) is 26.8. The molecule has 4 nitrogen and oxygen atoms in total. The van der Waals surface area contributed by atoms with Gasteiger partial charge in [0, 0.05) is 40.2 Å². The maximum Gasteiger partial charge on any atom is 0.0684 e. The standard InChI is InChI=1S/C48H40N4P2/c1-5-17-39(18-6-1)49-45-25-13-16-28-48(45)52(54-44-23-11-4-12-24-44)42-35-31-38(32-36-42)37-29-33-40(34-30-37)50-46-26-14-15-27-47(46)51(41-19-7-2-8-20-41)53-43-21-9-3-10-22-43/h1-36,49-50,53-54H. The second-order valence-electron chi connectivity index (χ2n) is 12.7. The molecule has 0 fully saturated rings. The van der Waals surface area contributed by atoms with Crippen LogP contribution in [0.5, 0.6) is 0 Å². The normalized spacial score (nSPS) is 11.2. The van der Waals surface area contributed by atoms with Crippen molar-refractivity contribution < 1.29 is 0 Å². The van der Waals surface area contributed by atoms with Gasteiger partial charge in [-0.2, -0.15) is 0 Å². The zero-order chi connectivity index (χ0) is 36.4. The average Bonchev–Trinajstić information content (AvgIpc) is 3.24. The molecule has 0 saturated heterocycles. The van der Waals surface area contributed by atoms with E-state index < -0.39 is 0 Å². The Morgan fingerprint density at radius 3 is 1.13 bits per heavy atom. The van der Waals surface area contributed by atoms with Crippen molar-refractivity contribution in [3.63, 3.8) is 0 Å². The van der Waals surface area contributed by atoms with Gasteiger partial charge in [0.15, 0.2) is 0 Å². The summed E-state index contributed by atoms with van der Waals surface area (Å²) in [5.74, 6) is 0. The third-order valence-corrected chi connectivity index (χ3v) is 11.6. The van der Waals surface area contributed by atoms with E-state index in [4.69, 9.17) is 0 Å². The van der Waals surface area contributed by atoms with Gasteiger partial charge in [0.2, 0.25) is 0 Å². The van der Waals surface area contributed by atoms with E-state index in [1.165, 1.54) is 21.7 Å². The van der Waals surface area contributed by atoms with Crippen LogP contribution < -0.4 is 30.6 Å². The number of benzene rings is 8. The fourth-order valence-electron chi connectivity index (χ4n) is 6.32. The SMILES string of the molecule is c1ccc(Nc2ccccc2N(Pc2ccccc2)c2ccc(-c3ccc(Nc4ccccc4N(Pc4ccccc4)c4ccccc4)cc3)cc2)cc1. The lowest BCUT2D eigenvalue weighted by Gasteiger charge is -2.28. The zero-order valence-corrected chi connectivity index (χ0v) is 31.7. The number of rotatable bonds is 13. The van der Waals surface area contributed by atoms with Crippen LogP contribution in [0.1, 0.15) is 0 Å². The van der Waals surface area contributed by atoms with E-state index in [1.54, 1.807) is 0 Å². The van der Waals surface area contributed by atoms with E-state index in [9.17, 15) is 0 Å². The van der Waals surface area contributed by atoms with E-state index in [0.29, 0.717) is 17.5 Å². The molecule has 2 N–H and O–H groups in total. The van der Waals surface area contributed by atoms with Crippen molar-refractivity contribution in [2.75, 3.05) is 20.0 Å². The van der Waals surface area contributed by atoms with Crippen LogP contribution in [0.15, 0.2) is 218 Å². The monoisotopic (exact) mass is 734 g/mol. The lowest BCUT2D eigenvalue weighted by molar-refractivity contribution is 1.41. The number of hydrogen-bond donors (Lipinski definition) is 2. The maximum atomic E-state index is 3.73. The third-order valence-electron chi connectivity index (χ3n) is 9.01. The molecule has 0 aromatic heterocycles. The Kier molecular flexibility index (Phi) is 11.0. The highest BCUT2D eigenvalue weighted by atomic mass is 31.1. The quantitative estimate of drug-likeness (QED) is 0.116. The summed E-state index contributed by atoms with van der Waals surface area (Å²) >= 11 is 0. The molecule has 2 unspecified atom stereocenters. The molecule has 6 heteroatoms. The molecule has 8 aromatic carbocycles. The first-order valence-corrected chi connectivity index (χ1v) is 19.9. The van der Waals surface area contributed by atoms with Gasteiger partial charge in [-0.3, -0.25) is 0 Å². The van der Waals surface area contributed by atoms with Crippen molar-refractivity contribution in [1.82, 2.24) is 0 Å². The van der Waals surface area contributed by atoms with Crippen molar-refractivity contribution in [2.24, 2.45) is 0 Å². The molecule has 8 rings (SSSR count). The molecule has 8 aromatic rings. The fraction of sp³-hybridized carbons (Fsp3) is 0. The molecule has 0 spiro atoms. The molecule has 0 aliphatic carbocycles. The lowest BCUT2D eigenvalue weighted by Crippen LogP contribution is -2.12. The molecule has 0 amide bonds. The molecule has 0 radical (unpaired) electrons. The predicted octanol–water partition coefficient (Wildman–Crippen LogP) is 13.0. The summed E-state index contributed by atoms with van der Waals surface area (Å²) in [4.78, 5) is 0. The van der Waals surface area contributed by atoms with Crippen molar-refractivity contribution >= 4 is 73.6 Å². The number of nitrogens with zero attached hydrogens (tertiary/aromatic N) is 2. The minimum atomic E-state index is 0.416. The average molecular weight is 735 g/mol. The molecule has 0 aliphatic rings. The summed E-state index contributed by atoms with van der Waals surface area (Å²) in [5.41, 5.74) is 11.1. The zero-order valence-electron chi connectivity index (χ0n) is 29.7. The summed E-state index contributed by atoms with van der Waals surface area (Å²) in [5, 5.41) is 9.93. The molecule has 0 bridgehead atoms. The van der Waals surface area contributed by atoms with E-state index >= 15 is 0 Å². The van der Waals surface area contributed by atoms with E-state index in [0.717, 1.165) is 45.5 Å². The van der Waals surface area contributed by atoms with Gasteiger partial charge < -0.3 is 20.0 Å². The minimum absolute atomic E-state index is 0.416. The van der Waals surface area contributed by atoms with Crippen LogP contribution in [0.3, 0.4) is 0 Å². The van der Waals surface area contributed by atoms with Gasteiger partial charge in [0.1, 0.15) is 0 Å². The maximum absolute atomic E-state index is 3.73. The van der Waals surface area contributed by atoms with Gasteiger partial charge in [-0.1, -0.05) is 146 Å². The Morgan fingerprint density at radius 2 is 0.648 bits per heavy atom. The van der Waals surface area contributed by atoms with Gasteiger partial charge in [-0.15, -0.1) is 0 Å². The Balaban J connectivity index is 1.04. The summed E-state index contributed by atoms with van der Waals surface area (Å²) in [6.07, 6.45) is 0. The molecular weight excluding hydrogens is 695 g/mol. The van der Waals surface area contributed by atoms with Crippen LogP contribution in [-0.2, 0) is 0 Å². The van der Waals surface area contributed by atoms with Crippen LogP contribution in [0, 0.1) is 0 Å². The minimum Gasteiger partial charge on any atom is -0.354 e. The van der Waals surface area contributed by atoms with E-state index in [1.807, 2.05) is 6.07 Å². The molecule has 262 valence electrons. The highest BCUT2D eigenvalue weighted by Crippen LogP contribution is 2.43. The summed E-state index contributed by atoms with van der Waals surface area (Å²) in [6.45, 7) is 0. The Labute approximate surface area is 321 Å². The van der Waals surface area contributed by atoms with Crippen molar-refractivity contribution in [3.05, 3.63) is 218 Å². The van der Waals surface area contributed by atoms with Gasteiger partial charge in [0.05, 0.1) is 22.7 Å². The lowest BCUT2D eigenvalue weighted by atomic mass is 10.0. The molecule has 0 aliphatic heterocycles. The second-order valence-corrected chi connectivity index (χ2v) is 15.2. The summed E-state index contributed by atoms with van der Waals surface area (Å²) in [6, 6.07) is 77.1. The van der Waals surface area contributed by atoms with Crippen molar-refractivity contribution in [3.8, 4) is 11.1 Å². The summed E-state index contributed by atoms with van der Waals surface area (Å²) < 4.78 is 4.80. The van der Waals surface area contributed by atoms with Crippen LogP contribution in [0.2, 0.25) is 0 Å². The van der Waals surface area contributed by atoms with Gasteiger partial charge in [-0.05, 0) is 94.5 Å². The van der Waals surface area contributed by atoms with Gasteiger partial charge >= 0.3 is 0 Å². The molecule has 0 heterocycles. The smallest absolute Gasteiger partial charge is 0.0684 e. The van der Waals surface area contributed by atoms with Crippen LogP contribution in [0.25, 0.3) is 11.1 Å². The van der Waals surface area contributed by atoms with E-state index in [-0.39, 0.29) is 0 Å². The number of para-hydroxylation sites is 6. The topological polar surface area (TPSA) is 30.5 Å². The van der Waals surface area contributed by atoms with Crippen LogP contribution >= 0.6 is 17.5 Å². The fourth-order valence-corrected chi connectivity index (χ4v) is 8.71. The number of anilines is 8. The predicted molar refractivity (Wildman–Crippen MR) is 237 cm³/mol. The Bertz CT molecular complexity index is 2370. The van der Waals surface area contributed by atoms with E-state index in [2.05, 4.69) is 232 Å². The van der Waals surface area contributed by atoms with Crippen molar-refractivity contribution in [2.45, 2.75) is 0 Å². The first-order valence-electron chi connectivity index (χ1n) is 18.0. The number of nitrogens with one attached hydrogen (secondary N) is 2.